The molecule has 0 bridgehead atoms. The molecule has 7 nitrogen and oxygen atoms in total. The zero-order valence-corrected chi connectivity index (χ0v) is 15.5. The highest BCUT2D eigenvalue weighted by atomic mass is 19.1. The third-order valence-corrected chi connectivity index (χ3v) is 4.06. The fourth-order valence-corrected chi connectivity index (χ4v) is 2.75. The molecule has 2 aromatic heterocycles. The third kappa shape index (κ3) is 4.01. The van der Waals surface area contributed by atoms with E-state index >= 15 is 0 Å². The summed E-state index contributed by atoms with van der Waals surface area (Å²) in [6.45, 7) is 2.27. The second-order valence-corrected chi connectivity index (χ2v) is 6.05. The summed E-state index contributed by atoms with van der Waals surface area (Å²) in [7, 11) is 0. The van der Waals surface area contributed by atoms with Crippen LogP contribution in [0.4, 0.5) is 10.1 Å². The topological polar surface area (TPSA) is 82.2 Å². The molecule has 4 aromatic rings. The Hall–Kier alpha value is -3.94. The Kier molecular flexibility index (Phi) is 5.07. The lowest BCUT2D eigenvalue weighted by atomic mass is 10.2. The van der Waals surface area contributed by atoms with Crippen molar-refractivity contribution in [2.75, 3.05) is 11.9 Å². The molecular weight excluding hydrogens is 375 g/mol. The standard InChI is InChI=1S/C21H17FN4O3/c1-2-28-21-24-19(18-7-4-12-29-18)26(25-21)17-6-3-5-16(13-17)23-20(27)14-8-10-15(22)11-9-14/h3-13H,2H2,1H3,(H,23,27). The van der Waals surface area contributed by atoms with Crippen molar-refractivity contribution in [3.63, 3.8) is 0 Å². The lowest BCUT2D eigenvalue weighted by molar-refractivity contribution is 0.102. The van der Waals surface area contributed by atoms with Crippen LogP contribution >= 0.6 is 0 Å². The molecule has 4 rings (SSSR count). The van der Waals surface area contributed by atoms with Crippen molar-refractivity contribution in [3.8, 4) is 23.3 Å². The first-order valence-electron chi connectivity index (χ1n) is 8.95. The molecule has 0 saturated heterocycles. The van der Waals surface area contributed by atoms with Crippen LogP contribution in [-0.2, 0) is 0 Å². The van der Waals surface area contributed by atoms with Gasteiger partial charge in [0.2, 0.25) is 5.82 Å². The second-order valence-electron chi connectivity index (χ2n) is 6.05. The maximum atomic E-state index is 13.1. The Balaban J connectivity index is 1.65. The first-order valence-corrected chi connectivity index (χ1v) is 8.95. The molecule has 0 unspecified atom stereocenters. The molecule has 0 atom stereocenters. The number of aromatic nitrogens is 3. The summed E-state index contributed by atoms with van der Waals surface area (Å²) < 4.78 is 25.5. The number of amides is 1. The molecule has 29 heavy (non-hydrogen) atoms. The number of carbonyl (C=O) groups excluding carboxylic acids is 1. The Morgan fingerprint density at radius 2 is 2.00 bits per heavy atom. The molecule has 0 aliphatic heterocycles. The molecule has 0 aliphatic rings. The molecule has 8 heteroatoms. The zero-order valence-electron chi connectivity index (χ0n) is 15.5. The van der Waals surface area contributed by atoms with Crippen molar-refractivity contribution in [1.29, 1.82) is 0 Å². The van der Waals surface area contributed by atoms with E-state index < -0.39 is 5.82 Å². The van der Waals surface area contributed by atoms with Gasteiger partial charge in [-0.25, -0.2) is 9.07 Å². The van der Waals surface area contributed by atoms with E-state index in [2.05, 4.69) is 15.4 Å². The van der Waals surface area contributed by atoms with Gasteiger partial charge in [-0.1, -0.05) is 6.07 Å². The highest BCUT2D eigenvalue weighted by Crippen LogP contribution is 2.25. The average molecular weight is 392 g/mol. The van der Waals surface area contributed by atoms with Gasteiger partial charge in [-0.2, -0.15) is 4.98 Å². The maximum Gasteiger partial charge on any atom is 0.336 e. The van der Waals surface area contributed by atoms with Gasteiger partial charge in [-0.3, -0.25) is 4.79 Å². The van der Waals surface area contributed by atoms with E-state index in [4.69, 9.17) is 9.15 Å². The highest BCUT2D eigenvalue weighted by Gasteiger charge is 2.17. The van der Waals surface area contributed by atoms with Gasteiger partial charge < -0.3 is 14.5 Å². The van der Waals surface area contributed by atoms with Crippen LogP contribution in [0.1, 0.15) is 17.3 Å². The monoisotopic (exact) mass is 392 g/mol. The summed E-state index contributed by atoms with van der Waals surface area (Å²) >= 11 is 0. The SMILES string of the molecule is CCOc1nc(-c2ccco2)n(-c2cccc(NC(=O)c3ccc(F)cc3)c2)n1. The van der Waals surface area contributed by atoms with Crippen molar-refractivity contribution in [2.45, 2.75) is 6.92 Å². The summed E-state index contributed by atoms with van der Waals surface area (Å²) in [5.74, 6) is 0.261. The number of hydrogen-bond acceptors (Lipinski definition) is 5. The summed E-state index contributed by atoms with van der Waals surface area (Å²) in [5, 5.41) is 7.18. The molecule has 0 spiro atoms. The number of hydrogen-bond donors (Lipinski definition) is 1. The number of carbonyl (C=O) groups is 1. The summed E-state index contributed by atoms with van der Waals surface area (Å²) in [4.78, 5) is 16.8. The van der Waals surface area contributed by atoms with Gasteiger partial charge in [0.05, 0.1) is 18.6 Å². The summed E-state index contributed by atoms with van der Waals surface area (Å²) in [5.41, 5.74) is 1.56. The molecule has 146 valence electrons. The fraction of sp³-hybridized carbons (Fsp3) is 0.0952. The number of benzene rings is 2. The van der Waals surface area contributed by atoms with Crippen LogP contribution in [0.5, 0.6) is 6.01 Å². The van der Waals surface area contributed by atoms with Crippen molar-refractivity contribution < 1.29 is 18.3 Å². The number of nitrogens with zero attached hydrogens (tertiary/aromatic N) is 3. The van der Waals surface area contributed by atoms with Gasteiger partial charge in [0.1, 0.15) is 5.82 Å². The van der Waals surface area contributed by atoms with Gasteiger partial charge >= 0.3 is 6.01 Å². The number of rotatable bonds is 6. The number of nitrogens with one attached hydrogen (secondary N) is 1. The van der Waals surface area contributed by atoms with Crippen molar-refractivity contribution in [3.05, 3.63) is 78.3 Å². The lowest BCUT2D eigenvalue weighted by Gasteiger charge is -2.09. The van der Waals surface area contributed by atoms with Crippen molar-refractivity contribution in [1.82, 2.24) is 14.8 Å². The van der Waals surface area contributed by atoms with E-state index in [0.29, 0.717) is 35.1 Å². The van der Waals surface area contributed by atoms with Gasteiger partial charge in [0.15, 0.2) is 5.76 Å². The molecule has 1 amide bonds. The van der Waals surface area contributed by atoms with E-state index in [1.807, 2.05) is 13.0 Å². The van der Waals surface area contributed by atoms with Gasteiger partial charge in [0.25, 0.3) is 5.91 Å². The molecule has 2 aromatic carbocycles. The van der Waals surface area contributed by atoms with Gasteiger partial charge in [0, 0.05) is 11.3 Å². The number of anilines is 1. The first kappa shape index (κ1) is 18.4. The Morgan fingerprint density at radius 1 is 1.17 bits per heavy atom. The van der Waals surface area contributed by atoms with Crippen LogP contribution in [0, 0.1) is 5.82 Å². The first-order chi connectivity index (χ1) is 14.1. The lowest BCUT2D eigenvalue weighted by Crippen LogP contribution is -2.12. The highest BCUT2D eigenvalue weighted by molar-refractivity contribution is 6.04. The minimum absolute atomic E-state index is 0.222. The largest absolute Gasteiger partial charge is 0.463 e. The smallest absolute Gasteiger partial charge is 0.336 e. The fourth-order valence-electron chi connectivity index (χ4n) is 2.75. The van der Waals surface area contributed by atoms with Gasteiger partial charge in [-0.05, 0) is 61.5 Å². The van der Waals surface area contributed by atoms with E-state index in [1.165, 1.54) is 24.3 Å². The zero-order chi connectivity index (χ0) is 20.2. The molecule has 2 heterocycles. The average Bonchev–Trinajstić information content (AvgIpc) is 3.39. The molecular formula is C21H17FN4O3. The second kappa shape index (κ2) is 7.97. The molecule has 0 aliphatic carbocycles. The number of halogens is 1. The summed E-state index contributed by atoms with van der Waals surface area (Å²) in [6.07, 6.45) is 1.55. The van der Waals surface area contributed by atoms with Crippen LogP contribution in [0.2, 0.25) is 0 Å². The summed E-state index contributed by atoms with van der Waals surface area (Å²) in [6, 6.07) is 16.2. The minimum Gasteiger partial charge on any atom is -0.463 e. The quantitative estimate of drug-likeness (QED) is 0.529. The minimum atomic E-state index is -0.398. The van der Waals surface area contributed by atoms with Crippen LogP contribution in [0.25, 0.3) is 17.3 Å². The third-order valence-electron chi connectivity index (χ3n) is 4.06. The van der Waals surface area contributed by atoms with E-state index in [1.54, 1.807) is 41.3 Å². The van der Waals surface area contributed by atoms with Crippen LogP contribution in [0.3, 0.4) is 0 Å². The van der Waals surface area contributed by atoms with Crippen molar-refractivity contribution >= 4 is 11.6 Å². The Labute approximate surface area is 165 Å². The van der Waals surface area contributed by atoms with Gasteiger partial charge in [-0.15, -0.1) is 5.10 Å². The number of furan rings is 1. The predicted octanol–water partition coefficient (Wildman–Crippen LogP) is 4.32. The molecule has 1 N–H and O–H groups in total. The van der Waals surface area contributed by atoms with Crippen LogP contribution in [0.15, 0.2) is 71.3 Å². The van der Waals surface area contributed by atoms with E-state index in [9.17, 15) is 9.18 Å². The molecule has 0 fully saturated rings. The van der Waals surface area contributed by atoms with E-state index in [-0.39, 0.29) is 11.9 Å². The van der Waals surface area contributed by atoms with Crippen LogP contribution in [-0.4, -0.2) is 27.3 Å². The number of ether oxygens (including phenoxy) is 1. The Bertz CT molecular complexity index is 1120. The molecule has 0 saturated carbocycles. The van der Waals surface area contributed by atoms with Crippen molar-refractivity contribution in [2.24, 2.45) is 0 Å². The van der Waals surface area contributed by atoms with Crippen LogP contribution < -0.4 is 10.1 Å². The van der Waals surface area contributed by atoms with E-state index in [0.717, 1.165) is 0 Å². The normalized spacial score (nSPS) is 10.7. The maximum absolute atomic E-state index is 13.1. The Morgan fingerprint density at radius 3 is 2.72 bits per heavy atom. The predicted molar refractivity (Wildman–Crippen MR) is 105 cm³/mol. The molecule has 0 radical (unpaired) electrons.